The molecule has 0 aliphatic rings. The first-order valence-corrected chi connectivity index (χ1v) is 3.31. The molecule has 1 atom stereocenters. The average Bonchev–Trinajstić information content (AvgIpc) is 1.62. The summed E-state index contributed by atoms with van der Waals surface area (Å²) in [7, 11) is -5.73. The minimum Gasteiger partial charge on any atom is -0.241 e. The Morgan fingerprint density at radius 2 is 1.80 bits per heavy atom. The van der Waals surface area contributed by atoms with E-state index in [9.17, 15) is 21.8 Å². The maximum Gasteiger partial charge on any atom is 0.478 e. The van der Waals surface area contributed by atoms with Gasteiger partial charge in [0.25, 0.3) is 0 Å². The molecule has 0 rings (SSSR count). The minimum absolute atomic E-state index is 4.35. The molecule has 0 spiro atoms. The Bertz CT molecular complexity index is 207. The minimum atomic E-state index is -5.73. The second kappa shape index (κ2) is 2.35. The van der Waals surface area contributed by atoms with Crippen LogP contribution in [0, 0.1) is 0 Å². The fraction of sp³-hybridized carbons (Fsp3) is 1.00. The van der Waals surface area contributed by atoms with E-state index in [-0.39, 0.29) is 0 Å². The van der Waals surface area contributed by atoms with Gasteiger partial charge in [-0.25, -0.2) is 13.3 Å². The predicted octanol–water partition coefficient (Wildman–Crippen LogP) is 0.889. The molecule has 0 heterocycles. The number of hydrogen-bond acceptors (Lipinski definition) is 1. The fourth-order valence-corrected chi connectivity index (χ4v) is 0.348. The number of rotatable bonds is 2. The Labute approximate surface area is 53.4 Å². The van der Waals surface area contributed by atoms with E-state index in [0.717, 1.165) is 0 Å². The quantitative estimate of drug-likeness (QED) is 0.392. The fourth-order valence-electron chi connectivity index (χ4n) is 0.116. The van der Waals surface area contributed by atoms with Crippen LogP contribution in [0.2, 0.25) is 0 Å². The summed E-state index contributed by atoms with van der Waals surface area (Å²) in [6.45, 7) is 0. The Balaban J connectivity index is 4.76. The van der Waals surface area contributed by atoms with Gasteiger partial charge in [0.2, 0.25) is 0 Å². The van der Waals surface area contributed by atoms with E-state index >= 15 is 0 Å². The van der Waals surface area contributed by atoms with Crippen LogP contribution in [0.5, 0.6) is 0 Å². The predicted molar refractivity (Wildman–Crippen MR) is 23.7 cm³/mol. The number of halogens is 4. The SMILES string of the molecule is O=S(O)(=[OH+])C(F)(F)C(F)F. The zero-order valence-corrected chi connectivity index (χ0v) is 5.12. The molecule has 3 nitrogen and oxygen atoms in total. The van der Waals surface area contributed by atoms with Crippen molar-refractivity contribution in [2.75, 3.05) is 0 Å². The van der Waals surface area contributed by atoms with Gasteiger partial charge in [-0.15, -0.1) is 4.21 Å². The van der Waals surface area contributed by atoms with E-state index in [0.29, 0.717) is 0 Å². The first-order valence-electron chi connectivity index (χ1n) is 1.84. The summed E-state index contributed by atoms with van der Waals surface area (Å²) in [5.41, 5.74) is 0. The molecule has 8 heteroatoms. The van der Waals surface area contributed by atoms with Crippen LogP contribution in [0.25, 0.3) is 0 Å². The van der Waals surface area contributed by atoms with Crippen molar-refractivity contribution in [3.05, 3.63) is 0 Å². The van der Waals surface area contributed by atoms with Crippen LogP contribution in [0.15, 0.2) is 0 Å². The Kier molecular flexibility index (Phi) is 2.26. The van der Waals surface area contributed by atoms with Crippen molar-refractivity contribution in [2.45, 2.75) is 11.7 Å². The van der Waals surface area contributed by atoms with Crippen LogP contribution >= 0.6 is 0 Å². The lowest BCUT2D eigenvalue weighted by molar-refractivity contribution is -0.0684. The van der Waals surface area contributed by atoms with Gasteiger partial charge < -0.3 is 0 Å². The van der Waals surface area contributed by atoms with E-state index in [1.807, 2.05) is 0 Å². The maximum absolute atomic E-state index is 11.5. The van der Waals surface area contributed by atoms with E-state index in [1.54, 1.807) is 0 Å². The molecule has 0 saturated carbocycles. The zero-order valence-electron chi connectivity index (χ0n) is 4.30. The highest BCUT2D eigenvalue weighted by molar-refractivity contribution is 7.87. The van der Waals surface area contributed by atoms with Crippen molar-refractivity contribution >= 4 is 10.1 Å². The van der Waals surface area contributed by atoms with Crippen LogP contribution in [0.3, 0.4) is 0 Å². The third kappa shape index (κ3) is 1.57. The molecule has 0 aromatic carbocycles. The summed E-state index contributed by atoms with van der Waals surface area (Å²) in [4.78, 5) is 0. The summed E-state index contributed by atoms with van der Waals surface area (Å²) in [5, 5.41) is -5.26. The van der Waals surface area contributed by atoms with Crippen LogP contribution in [0.1, 0.15) is 0 Å². The molecular weight excluding hydrogens is 180 g/mol. The number of alkyl halides is 4. The van der Waals surface area contributed by atoms with Gasteiger partial charge in [0, 0.05) is 0 Å². The molecule has 0 amide bonds. The highest BCUT2D eigenvalue weighted by Crippen LogP contribution is 2.27. The monoisotopic (exact) mass is 183 g/mol. The van der Waals surface area contributed by atoms with E-state index in [4.69, 9.17) is 8.76 Å². The Morgan fingerprint density at radius 3 is 1.80 bits per heavy atom. The van der Waals surface area contributed by atoms with Crippen LogP contribution in [0.4, 0.5) is 17.6 Å². The van der Waals surface area contributed by atoms with Gasteiger partial charge in [-0.2, -0.15) is 13.0 Å². The highest BCUT2D eigenvalue weighted by Gasteiger charge is 2.58. The molecule has 0 aromatic rings. The molecule has 0 aliphatic carbocycles. The zero-order chi connectivity index (χ0) is 8.58. The van der Waals surface area contributed by atoms with Crippen molar-refractivity contribution in [1.82, 2.24) is 0 Å². The Hall–Kier alpha value is -0.370. The molecule has 0 fully saturated rings. The van der Waals surface area contributed by atoms with E-state index < -0.39 is 21.8 Å². The van der Waals surface area contributed by atoms with Crippen LogP contribution < -0.4 is 0 Å². The van der Waals surface area contributed by atoms with Gasteiger partial charge in [-0.05, 0) is 0 Å². The summed E-state index contributed by atoms with van der Waals surface area (Å²) >= 11 is 0. The number of hydrogen-bond donors (Lipinski definition) is 1. The van der Waals surface area contributed by atoms with Gasteiger partial charge in [0.1, 0.15) is 0 Å². The lowest BCUT2D eigenvalue weighted by Gasteiger charge is -2.05. The summed E-state index contributed by atoms with van der Waals surface area (Å²) in [6, 6.07) is 0. The molecule has 0 aromatic heterocycles. The second-order valence-corrected chi connectivity index (χ2v) is 2.90. The molecule has 0 bridgehead atoms. The third-order valence-electron chi connectivity index (χ3n) is 0.609. The Morgan fingerprint density at radius 1 is 1.50 bits per heavy atom. The largest absolute Gasteiger partial charge is 0.478 e. The summed E-state index contributed by atoms with van der Waals surface area (Å²) < 4.78 is 69.8. The molecular formula is C2H3F4O3S+. The van der Waals surface area contributed by atoms with Gasteiger partial charge >= 0.3 is 21.8 Å². The van der Waals surface area contributed by atoms with Gasteiger partial charge in [-0.3, -0.25) is 0 Å². The third-order valence-corrected chi connectivity index (χ3v) is 1.50. The maximum atomic E-state index is 11.5. The van der Waals surface area contributed by atoms with Crippen molar-refractivity contribution in [3.8, 4) is 0 Å². The van der Waals surface area contributed by atoms with Gasteiger partial charge in [0.15, 0.2) is 0 Å². The first kappa shape index (κ1) is 9.63. The van der Waals surface area contributed by atoms with Crippen LogP contribution in [-0.2, 0) is 10.1 Å². The van der Waals surface area contributed by atoms with Gasteiger partial charge in [-0.1, -0.05) is 0 Å². The average molecular weight is 183 g/mol. The second-order valence-electron chi connectivity index (χ2n) is 1.36. The summed E-state index contributed by atoms with van der Waals surface area (Å²) in [5.74, 6) is 0. The lowest BCUT2D eigenvalue weighted by Crippen LogP contribution is -2.35. The van der Waals surface area contributed by atoms with Crippen molar-refractivity contribution in [2.24, 2.45) is 0 Å². The van der Waals surface area contributed by atoms with Crippen molar-refractivity contribution in [1.29, 1.82) is 0 Å². The lowest BCUT2D eigenvalue weighted by atomic mass is 10.7. The topological polar surface area (TPSA) is 58.7 Å². The van der Waals surface area contributed by atoms with Crippen molar-refractivity contribution in [3.63, 3.8) is 0 Å². The standard InChI is InChI=1S/C2H2F4O3S/c3-1(4)2(5,6)10(7,8)9/h1H,(H,7,8,9)/p+1. The molecule has 10 heavy (non-hydrogen) atoms. The molecule has 62 valence electrons. The molecule has 0 aliphatic heterocycles. The van der Waals surface area contributed by atoms with Gasteiger partial charge in [0.05, 0.1) is 0 Å². The summed E-state index contributed by atoms with van der Waals surface area (Å²) in [6.07, 6.45) is -4.35. The molecule has 2 N–H and O–H groups in total. The van der Waals surface area contributed by atoms with E-state index in [1.165, 1.54) is 0 Å². The smallest absolute Gasteiger partial charge is 0.241 e. The highest BCUT2D eigenvalue weighted by atomic mass is 32.2. The van der Waals surface area contributed by atoms with Crippen LogP contribution in [-0.4, -0.2) is 24.7 Å². The molecule has 1 unspecified atom stereocenters. The van der Waals surface area contributed by atoms with Crippen molar-refractivity contribution < 1.29 is 30.5 Å². The first-order chi connectivity index (χ1) is 4.19. The molecule has 0 saturated heterocycles. The van der Waals surface area contributed by atoms with E-state index in [2.05, 4.69) is 0 Å². The normalized spacial score (nSPS) is 19.0. The molecule has 0 radical (unpaired) electrons.